The van der Waals surface area contributed by atoms with E-state index in [1.165, 1.54) is 82.2 Å². The first kappa shape index (κ1) is 33.1. The molecule has 4 heterocycles. The van der Waals surface area contributed by atoms with E-state index in [0.29, 0.717) is 0 Å². The summed E-state index contributed by atoms with van der Waals surface area (Å²) in [6.45, 7) is 22.9. The predicted molar refractivity (Wildman–Crippen MR) is 226 cm³/mol. The molecule has 9 rings (SSSR count). The van der Waals surface area contributed by atoms with E-state index >= 15 is 0 Å². The van der Waals surface area contributed by atoms with Gasteiger partial charge in [-0.1, -0.05) is 111 Å². The summed E-state index contributed by atoms with van der Waals surface area (Å²) in [4.78, 5) is 5.04. The number of hydrogen-bond acceptors (Lipinski definition) is 4. The molecule has 0 atom stereocenters. The largest absolute Gasteiger partial charge is 0.456 e. The number of aryl methyl sites for hydroxylation is 1. The minimum atomic E-state index is -0.00768. The predicted octanol–water partition coefficient (Wildman–Crippen LogP) is 11.9. The van der Waals surface area contributed by atoms with E-state index in [0.717, 1.165) is 11.2 Å². The smallest absolute Gasteiger partial charge is 0.258 e. The molecule has 0 N–H and O–H groups in total. The van der Waals surface area contributed by atoms with Crippen LogP contribution < -0.4 is 26.2 Å². The van der Waals surface area contributed by atoms with E-state index in [-0.39, 0.29) is 23.0 Å². The van der Waals surface area contributed by atoms with E-state index in [9.17, 15) is 0 Å². The van der Waals surface area contributed by atoms with Gasteiger partial charge in [0.2, 0.25) is 0 Å². The minimum Gasteiger partial charge on any atom is -0.456 e. The summed E-state index contributed by atoms with van der Waals surface area (Å²) in [6, 6.07) is 39.1. The zero-order valence-corrected chi connectivity index (χ0v) is 32.9. The topological polar surface area (TPSA) is 19.6 Å². The van der Waals surface area contributed by atoms with Gasteiger partial charge >= 0.3 is 0 Å². The monoisotopic (exact) mass is 698 g/mol. The van der Waals surface area contributed by atoms with Crippen LogP contribution in [0.25, 0.3) is 21.3 Å². The molecule has 0 aliphatic carbocycles. The van der Waals surface area contributed by atoms with Crippen molar-refractivity contribution in [3.63, 3.8) is 0 Å². The van der Waals surface area contributed by atoms with Gasteiger partial charge < -0.3 is 14.2 Å². The Bertz CT molecular complexity index is 2540. The van der Waals surface area contributed by atoms with E-state index in [4.69, 9.17) is 4.42 Å². The van der Waals surface area contributed by atoms with Crippen molar-refractivity contribution >= 4 is 89.1 Å². The summed E-state index contributed by atoms with van der Waals surface area (Å²) in [5.74, 6) is 0. The number of benzene rings is 5. The number of fused-ring (bicyclic) bond motifs is 8. The Kier molecular flexibility index (Phi) is 7.09. The molecule has 52 heavy (non-hydrogen) atoms. The highest BCUT2D eigenvalue weighted by molar-refractivity contribution is 7.27. The molecule has 260 valence electrons. The zero-order valence-electron chi connectivity index (χ0n) is 32.1. The number of rotatable bonds is 2. The summed E-state index contributed by atoms with van der Waals surface area (Å²) in [5, 5.41) is 2.42. The van der Waals surface area contributed by atoms with Gasteiger partial charge in [0, 0.05) is 39.3 Å². The number of para-hydroxylation sites is 1. The molecular formula is C47H47BN2OS. The minimum absolute atomic E-state index is 0.00223. The van der Waals surface area contributed by atoms with Crippen LogP contribution in [0, 0.1) is 6.92 Å². The first-order chi connectivity index (χ1) is 24.6. The maximum atomic E-state index is 6.91. The lowest BCUT2D eigenvalue weighted by Crippen LogP contribution is -2.61. The third kappa shape index (κ3) is 4.99. The molecule has 0 saturated carbocycles. The van der Waals surface area contributed by atoms with Gasteiger partial charge in [0.1, 0.15) is 11.2 Å². The first-order valence-corrected chi connectivity index (χ1v) is 19.5. The third-order valence-electron chi connectivity index (χ3n) is 11.2. The van der Waals surface area contributed by atoms with Gasteiger partial charge in [-0.05, 0) is 111 Å². The molecule has 0 amide bonds. The second-order valence-corrected chi connectivity index (χ2v) is 19.0. The average Bonchev–Trinajstić information content (AvgIpc) is 3.63. The Morgan fingerprint density at radius 2 is 1.10 bits per heavy atom. The van der Waals surface area contributed by atoms with Crippen LogP contribution in [-0.2, 0) is 16.2 Å². The molecule has 7 aromatic rings. The third-order valence-corrected chi connectivity index (χ3v) is 12.4. The molecule has 0 saturated heterocycles. The van der Waals surface area contributed by atoms with E-state index in [2.05, 4.69) is 182 Å². The van der Waals surface area contributed by atoms with Crippen LogP contribution in [0.1, 0.15) is 84.6 Å². The second kappa shape index (κ2) is 11.1. The Balaban J connectivity index is 1.39. The molecule has 5 aromatic carbocycles. The maximum absolute atomic E-state index is 6.91. The van der Waals surface area contributed by atoms with Crippen LogP contribution in [0.3, 0.4) is 0 Å². The average molecular weight is 699 g/mol. The molecule has 0 bridgehead atoms. The van der Waals surface area contributed by atoms with Gasteiger partial charge in [0.05, 0.1) is 9.70 Å². The van der Waals surface area contributed by atoms with Crippen molar-refractivity contribution in [2.24, 2.45) is 0 Å². The summed E-state index contributed by atoms with van der Waals surface area (Å²) in [6.07, 6.45) is 0. The van der Waals surface area contributed by atoms with Gasteiger partial charge in [0.15, 0.2) is 0 Å². The molecule has 2 aromatic heterocycles. The molecule has 2 aliphatic rings. The molecular weight excluding hydrogens is 651 g/mol. The highest BCUT2D eigenvalue weighted by atomic mass is 32.1. The first-order valence-electron chi connectivity index (χ1n) is 18.6. The Hall–Kier alpha value is -4.74. The van der Waals surface area contributed by atoms with E-state index < -0.39 is 0 Å². The fourth-order valence-electron chi connectivity index (χ4n) is 8.30. The van der Waals surface area contributed by atoms with E-state index in [1.807, 2.05) is 11.3 Å². The standard InChI is InChI=1S/C47H47BN2OS/c1-28-25-37-40-38(26-28)50(33-22-17-30(18-23-33)46(5,6)7)44-41(42-43(52-44)34-13-11-12-14-39(34)51-42)48(40)35-27-31(47(8,9)10)19-24-36(35)49(37)32-20-15-29(16-21-32)45(2,3)4/h11-27H,1-10H3. The number of hydrogen-bond donors (Lipinski definition) is 0. The number of thiophene rings is 1. The lowest BCUT2D eigenvalue weighted by atomic mass is 9.33. The maximum Gasteiger partial charge on any atom is 0.258 e. The van der Waals surface area contributed by atoms with Crippen LogP contribution >= 0.6 is 11.3 Å². The van der Waals surface area contributed by atoms with Crippen molar-refractivity contribution in [3.05, 3.63) is 125 Å². The molecule has 0 spiro atoms. The summed E-state index contributed by atoms with van der Waals surface area (Å²) in [7, 11) is 0. The second-order valence-electron chi connectivity index (χ2n) is 18.0. The quantitative estimate of drug-likeness (QED) is 0.168. The molecule has 0 unspecified atom stereocenters. The number of anilines is 6. The van der Waals surface area contributed by atoms with Gasteiger partial charge in [-0.25, -0.2) is 0 Å². The molecule has 0 fully saturated rings. The van der Waals surface area contributed by atoms with Gasteiger partial charge in [-0.15, -0.1) is 11.3 Å². The lowest BCUT2D eigenvalue weighted by Gasteiger charge is -2.43. The number of nitrogens with zero attached hydrogens (tertiary/aromatic N) is 2. The van der Waals surface area contributed by atoms with Crippen LogP contribution in [0.4, 0.5) is 33.4 Å². The van der Waals surface area contributed by atoms with Gasteiger partial charge in [-0.3, -0.25) is 0 Å². The van der Waals surface area contributed by atoms with Crippen LogP contribution in [0.2, 0.25) is 0 Å². The summed E-state index contributed by atoms with van der Waals surface area (Å²) < 4.78 is 8.13. The van der Waals surface area contributed by atoms with Crippen LogP contribution in [0.5, 0.6) is 0 Å². The summed E-state index contributed by atoms with van der Waals surface area (Å²) in [5.41, 5.74) is 17.3. The number of furan rings is 1. The van der Waals surface area contributed by atoms with Gasteiger partial charge in [0.25, 0.3) is 6.71 Å². The van der Waals surface area contributed by atoms with Gasteiger partial charge in [-0.2, -0.15) is 0 Å². The van der Waals surface area contributed by atoms with Crippen LogP contribution in [0.15, 0.2) is 108 Å². The van der Waals surface area contributed by atoms with Crippen molar-refractivity contribution in [1.82, 2.24) is 0 Å². The summed E-state index contributed by atoms with van der Waals surface area (Å²) >= 11 is 1.87. The van der Waals surface area contributed by atoms with E-state index in [1.54, 1.807) is 0 Å². The van der Waals surface area contributed by atoms with Crippen molar-refractivity contribution in [1.29, 1.82) is 0 Å². The fraction of sp³-hybridized carbons (Fsp3) is 0.277. The SMILES string of the molecule is Cc1cc2c3c(c1)N(c1ccc(C(C)(C)C)cc1)c1sc4c(oc5ccccc54)c1B3c1cc(C(C)(C)C)ccc1N2c1ccc(C(C)(C)C)cc1. The normalized spacial score (nSPS) is 14.2. The van der Waals surface area contributed by atoms with Crippen molar-refractivity contribution in [3.8, 4) is 0 Å². The molecule has 0 radical (unpaired) electrons. The van der Waals surface area contributed by atoms with Crippen molar-refractivity contribution in [2.45, 2.75) is 85.5 Å². The van der Waals surface area contributed by atoms with Crippen molar-refractivity contribution in [2.75, 3.05) is 9.80 Å². The Morgan fingerprint density at radius 1 is 0.558 bits per heavy atom. The molecule has 2 aliphatic heterocycles. The Labute approximate surface area is 313 Å². The van der Waals surface area contributed by atoms with Crippen LogP contribution in [-0.4, -0.2) is 6.71 Å². The van der Waals surface area contributed by atoms with Crippen molar-refractivity contribution < 1.29 is 4.42 Å². The zero-order chi connectivity index (χ0) is 36.5. The highest BCUT2D eigenvalue weighted by Crippen LogP contribution is 2.50. The fourth-order valence-corrected chi connectivity index (χ4v) is 9.63. The molecule has 5 heteroatoms. The lowest BCUT2D eigenvalue weighted by molar-refractivity contribution is 0.590. The molecule has 3 nitrogen and oxygen atoms in total. The highest BCUT2D eigenvalue weighted by Gasteiger charge is 2.47. The Morgan fingerprint density at radius 3 is 1.69 bits per heavy atom.